The lowest BCUT2D eigenvalue weighted by molar-refractivity contribution is 0.590. The molecule has 484 valence electrons. The topological polar surface area (TPSA) is 16.3 Å². The fraction of sp³-hybridized carbons (Fsp3) is 0.261. The monoisotopic (exact) mass is 1260 g/mol. The molecule has 2 aromatic heterocycles. The summed E-state index contributed by atoms with van der Waals surface area (Å²) in [5.74, 6) is 0. The summed E-state index contributed by atoms with van der Waals surface area (Å²) >= 11 is 0. The molecule has 0 N–H and O–H groups in total. The lowest BCUT2D eigenvalue weighted by atomic mass is 9.33. The Kier molecular flexibility index (Phi) is 14.5. The molecular weight excluding hydrogens is 1170 g/mol. The summed E-state index contributed by atoms with van der Waals surface area (Å²) in [5, 5.41) is 5.08. The van der Waals surface area contributed by atoms with E-state index < -0.39 is 0 Å². The number of hydrogen-bond acceptors (Lipinski definition) is 2. The molecule has 13 aromatic rings. The molecule has 15 rings (SSSR count). The summed E-state index contributed by atoms with van der Waals surface area (Å²) in [6.45, 7) is 46.3. The Hall–Kier alpha value is -9.58. The molecule has 4 nitrogen and oxygen atoms in total. The predicted octanol–water partition coefficient (Wildman–Crippen LogP) is 23.6. The van der Waals surface area contributed by atoms with Crippen LogP contribution in [0.1, 0.15) is 158 Å². The van der Waals surface area contributed by atoms with Crippen LogP contribution in [0.15, 0.2) is 231 Å². The molecule has 0 saturated heterocycles. The highest BCUT2D eigenvalue weighted by molar-refractivity contribution is 7.00. The first-order chi connectivity index (χ1) is 45.8. The molecule has 0 aliphatic carbocycles. The van der Waals surface area contributed by atoms with E-state index in [0.29, 0.717) is 0 Å². The van der Waals surface area contributed by atoms with Crippen molar-refractivity contribution in [2.24, 2.45) is 0 Å². The Labute approximate surface area is 577 Å². The number of rotatable bonds is 7. The Morgan fingerprint density at radius 2 is 0.660 bits per heavy atom. The minimum atomic E-state index is -0.174. The lowest BCUT2D eigenvalue weighted by Crippen LogP contribution is -2.61. The molecule has 0 amide bonds. The standard InChI is InChI=1S/C92H93BN4/c1-20-94-81-55-67(95-77-45-37-63(89(8,9)10)51-71(77)72-52-64(90(11,12)13)38-46-78(72)95)41-43-75(81)93-76-44-42-68(96-79-47-39-65(91(14,15)16)53-73(79)74-54-66(92(17,18)19)40-48-80(74)96)56-82(76)97(84-50-60(49-83(94)85(84)93)57-25-22-21-23-26-57)86-69(58-29-33-61(34-30-58)87(2,3)4)27-24-28-70(86)59-31-35-62(36-32-59)88(5,6)7/h20-56H,1H2,2-19H3. The molecule has 2 aliphatic heterocycles. The molecule has 0 spiro atoms. The fourth-order valence-corrected chi connectivity index (χ4v) is 15.5. The SMILES string of the molecule is C=CN1c2cc(-n3c4ccc(C(C)(C)C)cc4c4cc(C(C)(C)C)ccc43)ccc2B2c3ccc(-n4c5ccc(C(C)(C)C)cc5c5cc(C(C)(C)C)ccc54)cc3N(c3c(-c4ccc(C(C)(C)C)cc4)cccc3-c3ccc(C(C)(C)C)cc3)c3cc(-c4ccccc4)cc1c32. The quantitative estimate of drug-likeness (QED) is 0.148. The van der Waals surface area contributed by atoms with Gasteiger partial charge in [0.15, 0.2) is 0 Å². The van der Waals surface area contributed by atoms with Crippen LogP contribution < -0.4 is 26.2 Å². The minimum Gasteiger partial charge on any atom is -0.319 e. The van der Waals surface area contributed by atoms with Gasteiger partial charge in [0.1, 0.15) is 0 Å². The molecule has 0 saturated carbocycles. The van der Waals surface area contributed by atoms with Crippen molar-refractivity contribution in [3.63, 3.8) is 0 Å². The summed E-state index contributed by atoms with van der Waals surface area (Å²) in [6, 6.07) is 85.2. The number of benzene rings is 11. The fourth-order valence-electron chi connectivity index (χ4n) is 15.5. The van der Waals surface area contributed by atoms with E-state index in [1.165, 1.54) is 93.4 Å². The number of para-hydroxylation sites is 1. The number of anilines is 5. The summed E-state index contributed by atoms with van der Waals surface area (Å²) in [4.78, 5) is 5.08. The smallest absolute Gasteiger partial charge is 0.252 e. The second-order valence-electron chi connectivity index (χ2n) is 34.1. The van der Waals surface area contributed by atoms with Crippen molar-refractivity contribution < 1.29 is 0 Å². The van der Waals surface area contributed by atoms with E-state index in [4.69, 9.17) is 6.58 Å². The van der Waals surface area contributed by atoms with Crippen molar-refractivity contribution in [3.8, 4) is 44.8 Å². The summed E-state index contributed by atoms with van der Waals surface area (Å²) in [7, 11) is 0. The highest BCUT2D eigenvalue weighted by Crippen LogP contribution is 2.52. The molecule has 2 aliphatic rings. The van der Waals surface area contributed by atoms with Crippen molar-refractivity contribution in [3.05, 3.63) is 265 Å². The van der Waals surface area contributed by atoms with Crippen molar-refractivity contribution in [2.75, 3.05) is 9.80 Å². The maximum absolute atomic E-state index is 4.75. The van der Waals surface area contributed by atoms with Crippen LogP contribution in [0.3, 0.4) is 0 Å². The normalized spacial score (nSPS) is 13.6. The van der Waals surface area contributed by atoms with Crippen LogP contribution in [0.2, 0.25) is 0 Å². The van der Waals surface area contributed by atoms with Gasteiger partial charge >= 0.3 is 0 Å². The number of fused-ring (bicyclic) bond motifs is 10. The second-order valence-corrected chi connectivity index (χ2v) is 34.1. The van der Waals surface area contributed by atoms with E-state index in [9.17, 15) is 0 Å². The van der Waals surface area contributed by atoms with Gasteiger partial charge in [-0.1, -0.05) is 265 Å². The van der Waals surface area contributed by atoms with Crippen LogP contribution in [0.4, 0.5) is 28.4 Å². The predicted molar refractivity (Wildman–Crippen MR) is 422 cm³/mol. The summed E-state index contributed by atoms with van der Waals surface area (Å²) in [6.07, 6.45) is 2.06. The van der Waals surface area contributed by atoms with Gasteiger partial charge in [-0.15, -0.1) is 0 Å². The van der Waals surface area contributed by atoms with E-state index in [1.807, 2.05) is 0 Å². The van der Waals surface area contributed by atoms with Gasteiger partial charge in [0.2, 0.25) is 0 Å². The maximum atomic E-state index is 4.75. The molecule has 5 heteroatoms. The lowest BCUT2D eigenvalue weighted by Gasteiger charge is -2.44. The third-order valence-corrected chi connectivity index (χ3v) is 21.3. The van der Waals surface area contributed by atoms with E-state index in [-0.39, 0.29) is 39.2 Å². The molecule has 0 bridgehead atoms. The Balaban J connectivity index is 1.06. The highest BCUT2D eigenvalue weighted by atomic mass is 15.2. The summed E-state index contributed by atoms with van der Waals surface area (Å²) < 4.78 is 5.06. The molecule has 0 radical (unpaired) electrons. The molecule has 0 unspecified atom stereocenters. The first-order valence-corrected chi connectivity index (χ1v) is 35.1. The second kappa shape index (κ2) is 22.2. The van der Waals surface area contributed by atoms with Gasteiger partial charge in [0, 0.05) is 73.0 Å². The minimum absolute atomic E-state index is 0.0210. The van der Waals surface area contributed by atoms with Gasteiger partial charge in [-0.2, -0.15) is 0 Å². The zero-order valence-corrected chi connectivity index (χ0v) is 60.4. The number of nitrogens with zero attached hydrogens (tertiary/aromatic N) is 4. The molecule has 97 heavy (non-hydrogen) atoms. The molecule has 0 atom stereocenters. The van der Waals surface area contributed by atoms with E-state index in [2.05, 4.69) is 368 Å². The van der Waals surface area contributed by atoms with E-state index in [1.54, 1.807) is 0 Å². The largest absolute Gasteiger partial charge is 0.319 e. The average molecular weight is 1270 g/mol. The number of hydrogen-bond donors (Lipinski definition) is 0. The van der Waals surface area contributed by atoms with Crippen LogP contribution in [0.5, 0.6) is 0 Å². The number of aromatic nitrogens is 2. The van der Waals surface area contributed by atoms with Gasteiger partial charge < -0.3 is 18.9 Å². The van der Waals surface area contributed by atoms with Gasteiger partial charge in [-0.05, 0) is 189 Å². The van der Waals surface area contributed by atoms with Crippen molar-refractivity contribution in [1.29, 1.82) is 0 Å². The Bertz CT molecular complexity index is 5120. The summed E-state index contributed by atoms with van der Waals surface area (Å²) in [5.41, 5.74) is 31.0. The Morgan fingerprint density at radius 1 is 0.299 bits per heavy atom. The highest BCUT2D eigenvalue weighted by Gasteiger charge is 2.45. The van der Waals surface area contributed by atoms with Crippen LogP contribution in [0, 0.1) is 0 Å². The van der Waals surface area contributed by atoms with Gasteiger partial charge in [0.25, 0.3) is 6.71 Å². The van der Waals surface area contributed by atoms with Crippen LogP contribution >= 0.6 is 0 Å². The van der Waals surface area contributed by atoms with E-state index in [0.717, 1.165) is 73.2 Å². The molecule has 0 fully saturated rings. The van der Waals surface area contributed by atoms with Gasteiger partial charge in [-0.3, -0.25) is 0 Å². The third kappa shape index (κ3) is 10.7. The zero-order chi connectivity index (χ0) is 68.4. The first-order valence-electron chi connectivity index (χ1n) is 35.1. The zero-order valence-electron chi connectivity index (χ0n) is 60.4. The Morgan fingerprint density at radius 3 is 1.04 bits per heavy atom. The van der Waals surface area contributed by atoms with Crippen LogP contribution in [-0.4, -0.2) is 15.8 Å². The third-order valence-electron chi connectivity index (χ3n) is 21.3. The van der Waals surface area contributed by atoms with Gasteiger partial charge in [-0.25, -0.2) is 0 Å². The van der Waals surface area contributed by atoms with Crippen molar-refractivity contribution in [1.82, 2.24) is 9.13 Å². The van der Waals surface area contributed by atoms with Crippen LogP contribution in [-0.2, 0) is 32.5 Å². The molecule has 11 aromatic carbocycles. The molecule has 4 heterocycles. The first kappa shape index (κ1) is 63.5. The van der Waals surface area contributed by atoms with Crippen LogP contribution in [0.25, 0.3) is 88.4 Å². The average Bonchev–Trinajstić information content (AvgIpc) is 0.771. The maximum Gasteiger partial charge on any atom is 0.252 e. The van der Waals surface area contributed by atoms with Gasteiger partial charge in [0.05, 0.1) is 27.8 Å². The van der Waals surface area contributed by atoms with Crippen molar-refractivity contribution in [2.45, 2.75) is 157 Å². The molecular formula is C92H93BN4. The van der Waals surface area contributed by atoms with Crippen molar-refractivity contribution >= 4 is 95.1 Å². The van der Waals surface area contributed by atoms with E-state index >= 15 is 0 Å².